The summed E-state index contributed by atoms with van der Waals surface area (Å²) in [5, 5.41) is 11.1. The van der Waals surface area contributed by atoms with E-state index < -0.39 is 0 Å². The highest BCUT2D eigenvalue weighted by atomic mass is 16.5. The molecular formula is C13H18N6O2. The van der Waals surface area contributed by atoms with Gasteiger partial charge in [0.1, 0.15) is 11.9 Å². The van der Waals surface area contributed by atoms with Crippen LogP contribution in [0.25, 0.3) is 0 Å². The molecule has 1 fully saturated rings. The molecule has 3 rings (SSSR count). The number of H-pyrrole nitrogens is 1. The lowest BCUT2D eigenvalue weighted by Gasteiger charge is -2.31. The molecule has 0 saturated carbocycles. The highest BCUT2D eigenvalue weighted by Crippen LogP contribution is 2.21. The Morgan fingerprint density at radius 2 is 2.29 bits per heavy atom. The van der Waals surface area contributed by atoms with Crippen LogP contribution in [-0.2, 0) is 11.8 Å². The number of carbonyl (C=O) groups excluding carboxylic acids is 1. The minimum absolute atomic E-state index is 0.0267. The summed E-state index contributed by atoms with van der Waals surface area (Å²) in [5.74, 6) is 1.30. The molecule has 1 aliphatic heterocycles. The van der Waals surface area contributed by atoms with Crippen molar-refractivity contribution in [2.24, 2.45) is 7.05 Å². The summed E-state index contributed by atoms with van der Waals surface area (Å²) in [6.07, 6.45) is 1.46. The minimum atomic E-state index is -0.287. The number of rotatable bonds is 2. The lowest BCUT2D eigenvalue weighted by molar-refractivity contribution is -0.0267. The number of ether oxygens (including phenoxy) is 1. The molecule has 0 aromatic carbocycles. The molecular weight excluding hydrogens is 272 g/mol. The number of hydrogen-bond acceptors (Lipinski definition) is 5. The molecule has 0 radical (unpaired) electrons. The molecule has 0 spiro atoms. The van der Waals surface area contributed by atoms with Gasteiger partial charge in [-0.2, -0.15) is 10.2 Å². The van der Waals surface area contributed by atoms with Crippen LogP contribution < -0.4 is 0 Å². The monoisotopic (exact) mass is 290 g/mol. The van der Waals surface area contributed by atoms with Gasteiger partial charge in [-0.05, 0) is 13.8 Å². The Morgan fingerprint density at radius 3 is 2.90 bits per heavy atom. The van der Waals surface area contributed by atoms with Gasteiger partial charge in [-0.25, -0.2) is 4.98 Å². The smallest absolute Gasteiger partial charge is 0.257 e. The fourth-order valence-corrected chi connectivity index (χ4v) is 2.47. The molecule has 1 aliphatic rings. The molecule has 1 amide bonds. The molecule has 1 saturated heterocycles. The van der Waals surface area contributed by atoms with E-state index in [1.807, 2.05) is 20.9 Å². The van der Waals surface area contributed by atoms with Crippen molar-refractivity contribution in [3.05, 3.63) is 29.1 Å². The number of nitrogens with zero attached hydrogens (tertiary/aromatic N) is 5. The summed E-state index contributed by atoms with van der Waals surface area (Å²) in [4.78, 5) is 18.6. The van der Waals surface area contributed by atoms with Gasteiger partial charge in [0.15, 0.2) is 5.82 Å². The van der Waals surface area contributed by atoms with E-state index in [-0.39, 0.29) is 12.0 Å². The third-order valence-electron chi connectivity index (χ3n) is 3.50. The van der Waals surface area contributed by atoms with E-state index in [1.54, 1.807) is 15.8 Å². The van der Waals surface area contributed by atoms with Crippen LogP contribution in [0, 0.1) is 13.8 Å². The highest BCUT2D eigenvalue weighted by molar-refractivity contribution is 5.95. The molecule has 8 nitrogen and oxygen atoms in total. The summed E-state index contributed by atoms with van der Waals surface area (Å²) < 4.78 is 7.32. The predicted molar refractivity (Wildman–Crippen MR) is 73.7 cm³/mol. The summed E-state index contributed by atoms with van der Waals surface area (Å²) in [7, 11) is 1.81. The van der Waals surface area contributed by atoms with Crippen molar-refractivity contribution in [3.8, 4) is 0 Å². The molecule has 3 heterocycles. The van der Waals surface area contributed by atoms with Crippen molar-refractivity contribution in [3.63, 3.8) is 0 Å². The van der Waals surface area contributed by atoms with E-state index in [0.29, 0.717) is 31.1 Å². The normalized spacial score (nSPS) is 19.0. The number of aromatic amines is 1. The van der Waals surface area contributed by atoms with Crippen molar-refractivity contribution < 1.29 is 9.53 Å². The molecule has 21 heavy (non-hydrogen) atoms. The first kappa shape index (κ1) is 13.7. The van der Waals surface area contributed by atoms with Gasteiger partial charge < -0.3 is 9.64 Å². The Hall–Kier alpha value is -2.22. The van der Waals surface area contributed by atoms with Crippen LogP contribution in [0.15, 0.2) is 6.20 Å². The van der Waals surface area contributed by atoms with E-state index in [9.17, 15) is 4.79 Å². The fourth-order valence-electron chi connectivity index (χ4n) is 2.47. The molecule has 0 bridgehead atoms. The largest absolute Gasteiger partial charge is 0.366 e. The zero-order valence-corrected chi connectivity index (χ0v) is 12.3. The molecule has 2 aromatic heterocycles. The zero-order chi connectivity index (χ0) is 15.0. The predicted octanol–water partition coefficient (Wildman–Crippen LogP) is 0.369. The number of aromatic nitrogens is 5. The standard InChI is InChI=1S/C13H18N6O2/c1-8-10(6-18(3)17-8)13(20)19-4-5-21-11(7-19)12-14-9(2)15-16-12/h6,11H,4-5,7H2,1-3H3,(H,14,15,16)/t11-/m0/s1. The second-order valence-electron chi connectivity index (χ2n) is 5.19. The van der Waals surface area contributed by atoms with Gasteiger partial charge in [0.25, 0.3) is 5.91 Å². The molecule has 112 valence electrons. The van der Waals surface area contributed by atoms with E-state index >= 15 is 0 Å². The molecule has 0 unspecified atom stereocenters. The third-order valence-corrected chi connectivity index (χ3v) is 3.50. The van der Waals surface area contributed by atoms with Crippen molar-refractivity contribution in [1.29, 1.82) is 0 Å². The first-order chi connectivity index (χ1) is 10.0. The maximum Gasteiger partial charge on any atom is 0.257 e. The number of amides is 1. The van der Waals surface area contributed by atoms with Crippen LogP contribution in [-0.4, -0.2) is 55.5 Å². The zero-order valence-electron chi connectivity index (χ0n) is 12.3. The molecule has 2 aromatic rings. The van der Waals surface area contributed by atoms with E-state index in [2.05, 4.69) is 20.3 Å². The van der Waals surface area contributed by atoms with E-state index in [0.717, 1.165) is 11.5 Å². The number of aryl methyl sites for hydroxylation is 3. The fraction of sp³-hybridized carbons (Fsp3) is 0.538. The number of hydrogen-bond donors (Lipinski definition) is 1. The van der Waals surface area contributed by atoms with E-state index in [4.69, 9.17) is 4.74 Å². The Labute approximate surface area is 122 Å². The van der Waals surface area contributed by atoms with Gasteiger partial charge in [0.2, 0.25) is 0 Å². The summed E-state index contributed by atoms with van der Waals surface area (Å²) in [6, 6.07) is 0. The first-order valence-electron chi connectivity index (χ1n) is 6.84. The van der Waals surface area contributed by atoms with Crippen molar-refractivity contribution in [1.82, 2.24) is 29.9 Å². The van der Waals surface area contributed by atoms with Gasteiger partial charge in [-0.1, -0.05) is 0 Å². The average Bonchev–Trinajstić information content (AvgIpc) is 3.04. The van der Waals surface area contributed by atoms with Gasteiger partial charge >= 0.3 is 0 Å². The summed E-state index contributed by atoms with van der Waals surface area (Å²) in [6.45, 7) is 5.16. The second-order valence-corrected chi connectivity index (χ2v) is 5.19. The van der Waals surface area contributed by atoms with Crippen LogP contribution in [0.2, 0.25) is 0 Å². The van der Waals surface area contributed by atoms with Crippen LogP contribution >= 0.6 is 0 Å². The van der Waals surface area contributed by atoms with Gasteiger partial charge in [-0.3, -0.25) is 14.6 Å². The van der Waals surface area contributed by atoms with Gasteiger partial charge in [0.05, 0.1) is 24.4 Å². The number of nitrogens with one attached hydrogen (secondary N) is 1. The van der Waals surface area contributed by atoms with E-state index in [1.165, 1.54) is 0 Å². The third kappa shape index (κ3) is 2.66. The Balaban J connectivity index is 1.77. The topological polar surface area (TPSA) is 88.9 Å². The maximum absolute atomic E-state index is 12.6. The minimum Gasteiger partial charge on any atom is -0.366 e. The SMILES string of the molecule is Cc1nc([C@@H]2CN(C(=O)c3cn(C)nc3C)CCO2)n[nH]1. The lowest BCUT2D eigenvalue weighted by Crippen LogP contribution is -2.42. The Kier molecular flexibility index (Phi) is 3.46. The molecule has 1 N–H and O–H groups in total. The summed E-state index contributed by atoms with van der Waals surface area (Å²) >= 11 is 0. The molecule has 0 aliphatic carbocycles. The van der Waals surface area contributed by atoms with Crippen molar-refractivity contribution >= 4 is 5.91 Å². The highest BCUT2D eigenvalue weighted by Gasteiger charge is 2.29. The van der Waals surface area contributed by atoms with Crippen LogP contribution in [0.3, 0.4) is 0 Å². The van der Waals surface area contributed by atoms with Crippen LogP contribution in [0.1, 0.15) is 33.8 Å². The molecule has 8 heteroatoms. The molecule has 1 atom stereocenters. The van der Waals surface area contributed by atoms with Crippen LogP contribution in [0.4, 0.5) is 0 Å². The number of morpholine rings is 1. The number of carbonyl (C=O) groups is 1. The lowest BCUT2D eigenvalue weighted by atomic mass is 10.2. The maximum atomic E-state index is 12.6. The van der Waals surface area contributed by atoms with Crippen molar-refractivity contribution in [2.45, 2.75) is 20.0 Å². The van der Waals surface area contributed by atoms with Crippen molar-refractivity contribution in [2.75, 3.05) is 19.7 Å². The Bertz CT molecular complexity index is 661. The van der Waals surface area contributed by atoms with Gasteiger partial charge in [-0.15, -0.1) is 0 Å². The average molecular weight is 290 g/mol. The van der Waals surface area contributed by atoms with Crippen LogP contribution in [0.5, 0.6) is 0 Å². The first-order valence-corrected chi connectivity index (χ1v) is 6.84. The Morgan fingerprint density at radius 1 is 1.48 bits per heavy atom. The quantitative estimate of drug-likeness (QED) is 0.863. The van der Waals surface area contributed by atoms with Gasteiger partial charge in [0, 0.05) is 19.8 Å². The summed E-state index contributed by atoms with van der Waals surface area (Å²) in [5.41, 5.74) is 1.36. The second kappa shape index (κ2) is 5.28.